The molecule has 0 aliphatic heterocycles. The fraction of sp³-hybridized carbons (Fsp3) is 0.231. The minimum absolute atomic E-state index is 0.144. The first-order valence-electron chi connectivity index (χ1n) is 6.04. The summed E-state index contributed by atoms with van der Waals surface area (Å²) in [5.41, 5.74) is 0.348. The number of carbonyl (C=O) groups excluding carboxylic acids is 1. The lowest BCUT2D eigenvalue weighted by atomic mass is 10.2. The predicted molar refractivity (Wildman–Crippen MR) is 80.5 cm³/mol. The Hall–Kier alpha value is -1.77. The zero-order chi connectivity index (χ0) is 15.6. The van der Waals surface area contributed by atoms with E-state index in [0.717, 1.165) is 4.31 Å². The van der Waals surface area contributed by atoms with E-state index in [1.54, 1.807) is 11.6 Å². The number of aromatic nitrogens is 1. The van der Waals surface area contributed by atoms with Gasteiger partial charge in [-0.3, -0.25) is 4.79 Å². The number of hydrogen-bond acceptors (Lipinski definition) is 4. The van der Waals surface area contributed by atoms with Crippen molar-refractivity contribution in [2.75, 3.05) is 14.1 Å². The third-order valence-electron chi connectivity index (χ3n) is 2.84. The SMILES string of the molecule is CN(C)S(=O)(=O)c1ccc(C(=O)N=c2sccn2C)cc1. The molecular weight excluding hydrogens is 310 g/mol. The highest BCUT2D eigenvalue weighted by Gasteiger charge is 2.17. The lowest BCUT2D eigenvalue weighted by Crippen LogP contribution is -2.22. The summed E-state index contributed by atoms with van der Waals surface area (Å²) in [6.45, 7) is 0. The molecule has 2 rings (SSSR count). The second-order valence-corrected chi connectivity index (χ2v) is 7.55. The standard InChI is InChI=1S/C13H15N3O3S2/c1-15(2)21(18,19)11-6-4-10(5-7-11)12(17)14-13-16(3)8-9-20-13/h4-9H,1-3H3. The molecule has 112 valence electrons. The highest BCUT2D eigenvalue weighted by Crippen LogP contribution is 2.14. The summed E-state index contributed by atoms with van der Waals surface area (Å²) in [5, 5.41) is 1.83. The Morgan fingerprint density at radius 1 is 1.24 bits per heavy atom. The summed E-state index contributed by atoms with van der Waals surface area (Å²) in [7, 11) is 1.23. The molecule has 0 N–H and O–H groups in total. The van der Waals surface area contributed by atoms with Crippen molar-refractivity contribution in [1.29, 1.82) is 0 Å². The number of rotatable bonds is 3. The topological polar surface area (TPSA) is 71.7 Å². The number of amides is 1. The molecule has 0 atom stereocenters. The van der Waals surface area contributed by atoms with Crippen molar-refractivity contribution in [1.82, 2.24) is 8.87 Å². The van der Waals surface area contributed by atoms with Crippen molar-refractivity contribution in [3.63, 3.8) is 0 Å². The van der Waals surface area contributed by atoms with E-state index in [1.165, 1.54) is 49.7 Å². The number of hydrogen-bond donors (Lipinski definition) is 0. The molecule has 6 nitrogen and oxygen atoms in total. The van der Waals surface area contributed by atoms with Gasteiger partial charge < -0.3 is 4.57 Å². The first-order valence-corrected chi connectivity index (χ1v) is 8.36. The lowest BCUT2D eigenvalue weighted by molar-refractivity contribution is 0.0998. The minimum Gasteiger partial charge on any atom is -0.327 e. The third-order valence-corrected chi connectivity index (χ3v) is 5.51. The Morgan fingerprint density at radius 2 is 1.86 bits per heavy atom. The quantitative estimate of drug-likeness (QED) is 0.848. The molecule has 0 unspecified atom stereocenters. The Kier molecular flexibility index (Phi) is 4.40. The summed E-state index contributed by atoms with van der Waals surface area (Å²) in [5.74, 6) is -0.401. The number of carbonyl (C=O) groups is 1. The number of nitrogens with zero attached hydrogens (tertiary/aromatic N) is 3. The number of sulfonamides is 1. The van der Waals surface area contributed by atoms with Crippen molar-refractivity contribution in [2.45, 2.75) is 4.90 Å². The van der Waals surface area contributed by atoms with E-state index in [-0.39, 0.29) is 4.90 Å². The van der Waals surface area contributed by atoms with Crippen molar-refractivity contribution in [2.24, 2.45) is 12.0 Å². The van der Waals surface area contributed by atoms with Gasteiger partial charge in [0.1, 0.15) is 0 Å². The van der Waals surface area contributed by atoms with Gasteiger partial charge in [0.2, 0.25) is 10.0 Å². The van der Waals surface area contributed by atoms with Gasteiger partial charge in [-0.2, -0.15) is 4.99 Å². The van der Waals surface area contributed by atoms with Crippen LogP contribution in [-0.2, 0) is 17.1 Å². The van der Waals surface area contributed by atoms with Crippen LogP contribution >= 0.6 is 11.3 Å². The summed E-state index contributed by atoms with van der Waals surface area (Å²) < 4.78 is 26.7. The maximum absolute atomic E-state index is 12.0. The molecule has 0 radical (unpaired) electrons. The maximum Gasteiger partial charge on any atom is 0.279 e. The van der Waals surface area contributed by atoms with Crippen molar-refractivity contribution < 1.29 is 13.2 Å². The number of aryl methyl sites for hydroxylation is 1. The van der Waals surface area contributed by atoms with Crippen LogP contribution in [0.4, 0.5) is 0 Å². The van der Waals surface area contributed by atoms with E-state index < -0.39 is 15.9 Å². The Bertz CT molecular complexity index is 815. The summed E-state index contributed by atoms with van der Waals surface area (Å²) in [4.78, 5) is 16.8. The molecule has 21 heavy (non-hydrogen) atoms. The monoisotopic (exact) mass is 325 g/mol. The molecule has 0 fully saturated rings. The van der Waals surface area contributed by atoms with Crippen LogP contribution in [0.2, 0.25) is 0 Å². The summed E-state index contributed by atoms with van der Waals surface area (Å²) in [6, 6.07) is 5.75. The molecule has 0 saturated carbocycles. The third kappa shape index (κ3) is 3.29. The van der Waals surface area contributed by atoms with Crippen molar-refractivity contribution >= 4 is 27.3 Å². The molecule has 1 amide bonds. The summed E-state index contributed by atoms with van der Waals surface area (Å²) >= 11 is 1.36. The molecule has 1 aromatic heterocycles. The number of benzene rings is 1. The fourth-order valence-corrected chi connectivity index (χ4v) is 3.20. The number of thiazole rings is 1. The molecule has 0 spiro atoms. The zero-order valence-electron chi connectivity index (χ0n) is 11.8. The van der Waals surface area contributed by atoms with Crippen LogP contribution in [0, 0.1) is 0 Å². The van der Waals surface area contributed by atoms with Gasteiger partial charge in [0, 0.05) is 38.3 Å². The van der Waals surface area contributed by atoms with Gasteiger partial charge in [0.25, 0.3) is 5.91 Å². The molecule has 0 saturated heterocycles. The van der Waals surface area contributed by atoms with Crippen LogP contribution in [0.15, 0.2) is 45.7 Å². The molecular formula is C13H15N3O3S2. The van der Waals surface area contributed by atoms with E-state index in [0.29, 0.717) is 10.4 Å². The average Bonchev–Trinajstić information content (AvgIpc) is 2.84. The smallest absolute Gasteiger partial charge is 0.279 e. The molecule has 1 aromatic carbocycles. The van der Waals surface area contributed by atoms with E-state index in [2.05, 4.69) is 4.99 Å². The van der Waals surface area contributed by atoms with Crippen LogP contribution < -0.4 is 4.80 Å². The van der Waals surface area contributed by atoms with Crippen LogP contribution in [-0.4, -0.2) is 37.3 Å². The molecule has 0 bridgehead atoms. The Morgan fingerprint density at radius 3 is 2.33 bits per heavy atom. The first kappa shape index (κ1) is 15.6. The van der Waals surface area contributed by atoms with E-state index >= 15 is 0 Å². The summed E-state index contributed by atoms with van der Waals surface area (Å²) in [6.07, 6.45) is 1.81. The highest BCUT2D eigenvalue weighted by atomic mass is 32.2. The highest BCUT2D eigenvalue weighted by molar-refractivity contribution is 7.89. The maximum atomic E-state index is 12.0. The Labute approximate surface area is 127 Å². The predicted octanol–water partition coefficient (Wildman–Crippen LogP) is 1.08. The van der Waals surface area contributed by atoms with Gasteiger partial charge in [-0.1, -0.05) is 0 Å². The molecule has 2 aromatic rings. The van der Waals surface area contributed by atoms with Crippen LogP contribution in [0.25, 0.3) is 0 Å². The largest absolute Gasteiger partial charge is 0.327 e. The second kappa shape index (κ2) is 5.92. The average molecular weight is 325 g/mol. The normalized spacial score (nSPS) is 12.9. The fourth-order valence-electron chi connectivity index (χ4n) is 1.57. The van der Waals surface area contributed by atoms with Crippen LogP contribution in [0.5, 0.6) is 0 Å². The van der Waals surface area contributed by atoms with Gasteiger partial charge in [0.05, 0.1) is 4.90 Å². The van der Waals surface area contributed by atoms with Crippen molar-refractivity contribution in [3.8, 4) is 0 Å². The van der Waals surface area contributed by atoms with E-state index in [9.17, 15) is 13.2 Å². The molecule has 1 heterocycles. The van der Waals surface area contributed by atoms with E-state index in [1.807, 2.05) is 11.6 Å². The first-order chi connectivity index (χ1) is 9.82. The zero-order valence-corrected chi connectivity index (χ0v) is 13.5. The van der Waals surface area contributed by atoms with Gasteiger partial charge in [0.15, 0.2) is 4.80 Å². The molecule has 0 aliphatic rings. The van der Waals surface area contributed by atoms with E-state index in [4.69, 9.17) is 0 Å². The second-order valence-electron chi connectivity index (χ2n) is 4.53. The minimum atomic E-state index is -3.49. The van der Waals surface area contributed by atoms with Crippen LogP contribution in [0.3, 0.4) is 0 Å². The van der Waals surface area contributed by atoms with Gasteiger partial charge >= 0.3 is 0 Å². The van der Waals surface area contributed by atoms with Gasteiger partial charge in [-0.05, 0) is 24.3 Å². The lowest BCUT2D eigenvalue weighted by Gasteiger charge is -2.11. The molecule has 8 heteroatoms. The van der Waals surface area contributed by atoms with Crippen LogP contribution in [0.1, 0.15) is 10.4 Å². The Balaban J connectivity index is 2.33. The van der Waals surface area contributed by atoms with Gasteiger partial charge in [-0.25, -0.2) is 12.7 Å². The van der Waals surface area contributed by atoms with Crippen molar-refractivity contribution in [3.05, 3.63) is 46.2 Å². The molecule has 0 aliphatic carbocycles. The van der Waals surface area contributed by atoms with Gasteiger partial charge in [-0.15, -0.1) is 11.3 Å².